The Balaban J connectivity index is 2.43. The van der Waals surface area contributed by atoms with Crippen LogP contribution >= 0.6 is 11.6 Å². The molecule has 0 atom stereocenters. The largest absolute Gasteiger partial charge is 0.309 e. The van der Waals surface area contributed by atoms with E-state index in [1.165, 1.54) is 11.1 Å². The third-order valence-corrected chi connectivity index (χ3v) is 3.14. The molecule has 2 heteroatoms. The fourth-order valence-corrected chi connectivity index (χ4v) is 1.52. The van der Waals surface area contributed by atoms with Gasteiger partial charge in [-0.1, -0.05) is 49.7 Å². The molecule has 1 rings (SSSR count). The van der Waals surface area contributed by atoms with Crippen molar-refractivity contribution in [3.8, 4) is 0 Å². The lowest BCUT2D eigenvalue weighted by Gasteiger charge is -2.11. The van der Waals surface area contributed by atoms with Crippen LogP contribution in [-0.4, -0.2) is 6.54 Å². The van der Waals surface area contributed by atoms with Gasteiger partial charge < -0.3 is 5.32 Å². The molecule has 0 aliphatic heterocycles. The van der Waals surface area contributed by atoms with E-state index in [-0.39, 0.29) is 0 Å². The lowest BCUT2D eigenvalue weighted by molar-refractivity contribution is 0.663. The summed E-state index contributed by atoms with van der Waals surface area (Å²) in [5.41, 5.74) is 3.57. The highest BCUT2D eigenvalue weighted by Crippen LogP contribution is 2.16. The Kier molecular flexibility index (Phi) is 5.04. The average molecular weight is 238 g/mol. The number of hydrogen-bond acceptors (Lipinski definition) is 1. The maximum atomic E-state index is 6.06. The Labute approximate surface area is 104 Å². The van der Waals surface area contributed by atoms with Gasteiger partial charge in [-0.15, -0.1) is 0 Å². The third kappa shape index (κ3) is 3.99. The molecule has 0 spiro atoms. The first-order valence-corrected chi connectivity index (χ1v) is 6.02. The maximum Gasteiger partial charge on any atom is 0.0438 e. The molecule has 0 radical (unpaired) electrons. The van der Waals surface area contributed by atoms with Crippen LogP contribution in [0.4, 0.5) is 0 Å². The molecule has 1 aromatic rings. The minimum absolute atomic E-state index is 0.536. The van der Waals surface area contributed by atoms with Gasteiger partial charge in [0.25, 0.3) is 0 Å². The summed E-state index contributed by atoms with van der Waals surface area (Å²) in [5, 5.41) is 4.21. The quantitative estimate of drug-likeness (QED) is 0.765. The van der Waals surface area contributed by atoms with E-state index in [9.17, 15) is 0 Å². The zero-order valence-corrected chi connectivity index (χ0v) is 11.1. The van der Waals surface area contributed by atoms with Crippen molar-refractivity contribution in [2.24, 2.45) is 5.92 Å². The van der Waals surface area contributed by atoms with Gasteiger partial charge >= 0.3 is 0 Å². The van der Waals surface area contributed by atoms with Gasteiger partial charge in [-0.05, 0) is 30.0 Å². The fraction of sp³-hybridized carbons (Fsp3) is 0.429. The molecule has 0 unspecified atom stereocenters. The molecular formula is C14H20ClN. The standard InChI is InChI=1S/C14H20ClN/c1-10(2)12(4)8-16-9-13-6-5-11(3)14(15)7-13/h5-7,10,16H,4,8-9H2,1-3H3. The first kappa shape index (κ1) is 13.3. The molecule has 0 saturated heterocycles. The molecule has 0 heterocycles. The monoisotopic (exact) mass is 237 g/mol. The Morgan fingerprint density at radius 3 is 2.69 bits per heavy atom. The van der Waals surface area contributed by atoms with E-state index in [1.807, 2.05) is 13.0 Å². The number of aryl methyl sites for hydroxylation is 1. The van der Waals surface area contributed by atoms with E-state index in [0.717, 1.165) is 23.7 Å². The van der Waals surface area contributed by atoms with Crippen molar-refractivity contribution in [2.45, 2.75) is 27.3 Å². The van der Waals surface area contributed by atoms with Crippen molar-refractivity contribution in [3.05, 3.63) is 46.5 Å². The van der Waals surface area contributed by atoms with E-state index >= 15 is 0 Å². The molecule has 0 bridgehead atoms. The minimum Gasteiger partial charge on any atom is -0.309 e. The molecule has 0 aliphatic rings. The van der Waals surface area contributed by atoms with Gasteiger partial charge in [0.2, 0.25) is 0 Å². The highest BCUT2D eigenvalue weighted by Gasteiger charge is 2.01. The number of nitrogens with one attached hydrogen (secondary N) is 1. The molecule has 88 valence electrons. The van der Waals surface area contributed by atoms with E-state index in [1.54, 1.807) is 0 Å². The van der Waals surface area contributed by atoms with Crippen molar-refractivity contribution in [2.75, 3.05) is 6.54 Å². The molecule has 16 heavy (non-hydrogen) atoms. The van der Waals surface area contributed by atoms with Crippen LogP contribution in [0.25, 0.3) is 0 Å². The number of hydrogen-bond donors (Lipinski definition) is 1. The average Bonchev–Trinajstić information content (AvgIpc) is 2.23. The first-order chi connectivity index (χ1) is 7.50. The molecule has 0 fully saturated rings. The van der Waals surface area contributed by atoms with E-state index in [0.29, 0.717) is 5.92 Å². The second-order valence-corrected chi connectivity index (χ2v) is 4.91. The van der Waals surface area contributed by atoms with Gasteiger partial charge in [0, 0.05) is 18.1 Å². The van der Waals surface area contributed by atoms with Gasteiger partial charge in [0.05, 0.1) is 0 Å². The molecular weight excluding hydrogens is 218 g/mol. The van der Waals surface area contributed by atoms with Crippen molar-refractivity contribution in [3.63, 3.8) is 0 Å². The SMILES string of the molecule is C=C(CNCc1ccc(C)c(Cl)c1)C(C)C. The smallest absolute Gasteiger partial charge is 0.0438 e. The number of halogens is 1. The van der Waals surface area contributed by atoms with E-state index < -0.39 is 0 Å². The Morgan fingerprint density at radius 2 is 2.12 bits per heavy atom. The molecule has 0 aromatic heterocycles. The van der Waals surface area contributed by atoms with Crippen molar-refractivity contribution < 1.29 is 0 Å². The number of rotatable bonds is 5. The van der Waals surface area contributed by atoms with Crippen molar-refractivity contribution in [1.82, 2.24) is 5.32 Å². The van der Waals surface area contributed by atoms with Crippen LogP contribution in [0.5, 0.6) is 0 Å². The van der Waals surface area contributed by atoms with Crippen LogP contribution in [0.2, 0.25) is 5.02 Å². The summed E-state index contributed by atoms with van der Waals surface area (Å²) in [6.45, 7) is 12.1. The van der Waals surface area contributed by atoms with Crippen molar-refractivity contribution >= 4 is 11.6 Å². The Hall–Kier alpha value is -0.790. The second-order valence-electron chi connectivity index (χ2n) is 4.50. The van der Waals surface area contributed by atoms with Gasteiger partial charge in [-0.2, -0.15) is 0 Å². The number of benzene rings is 1. The first-order valence-electron chi connectivity index (χ1n) is 5.64. The van der Waals surface area contributed by atoms with Gasteiger partial charge in [0.15, 0.2) is 0 Å². The van der Waals surface area contributed by atoms with Gasteiger partial charge in [-0.3, -0.25) is 0 Å². The summed E-state index contributed by atoms with van der Waals surface area (Å²) in [6.07, 6.45) is 0. The highest BCUT2D eigenvalue weighted by atomic mass is 35.5. The van der Waals surface area contributed by atoms with E-state index in [4.69, 9.17) is 11.6 Å². The molecule has 1 nitrogen and oxygen atoms in total. The maximum absolute atomic E-state index is 6.06. The lowest BCUT2D eigenvalue weighted by atomic mass is 10.1. The Morgan fingerprint density at radius 1 is 1.44 bits per heavy atom. The summed E-state index contributed by atoms with van der Waals surface area (Å²) >= 11 is 6.06. The topological polar surface area (TPSA) is 12.0 Å². The molecule has 0 amide bonds. The van der Waals surface area contributed by atoms with Crippen LogP contribution in [0, 0.1) is 12.8 Å². The third-order valence-electron chi connectivity index (χ3n) is 2.73. The summed E-state index contributed by atoms with van der Waals surface area (Å²) in [5.74, 6) is 0.536. The van der Waals surface area contributed by atoms with Crippen LogP contribution in [0.1, 0.15) is 25.0 Å². The van der Waals surface area contributed by atoms with Gasteiger partial charge in [-0.25, -0.2) is 0 Å². The predicted molar refractivity (Wildman–Crippen MR) is 71.9 cm³/mol. The summed E-state index contributed by atoms with van der Waals surface area (Å²) in [6, 6.07) is 6.17. The highest BCUT2D eigenvalue weighted by molar-refractivity contribution is 6.31. The zero-order valence-electron chi connectivity index (χ0n) is 10.3. The van der Waals surface area contributed by atoms with Crippen LogP contribution in [0.15, 0.2) is 30.4 Å². The van der Waals surface area contributed by atoms with Crippen LogP contribution in [0.3, 0.4) is 0 Å². The van der Waals surface area contributed by atoms with Crippen LogP contribution in [-0.2, 0) is 6.54 Å². The van der Waals surface area contributed by atoms with Crippen molar-refractivity contribution in [1.29, 1.82) is 0 Å². The molecule has 1 aromatic carbocycles. The normalized spacial score (nSPS) is 10.8. The Bertz CT molecular complexity index is 369. The molecule has 0 aliphatic carbocycles. The summed E-state index contributed by atoms with van der Waals surface area (Å²) < 4.78 is 0. The summed E-state index contributed by atoms with van der Waals surface area (Å²) in [4.78, 5) is 0. The zero-order chi connectivity index (χ0) is 12.1. The van der Waals surface area contributed by atoms with E-state index in [2.05, 4.69) is 37.9 Å². The molecule has 1 N–H and O–H groups in total. The predicted octanol–water partition coefficient (Wildman–Crippen LogP) is 3.95. The minimum atomic E-state index is 0.536. The van der Waals surface area contributed by atoms with Gasteiger partial charge in [0.1, 0.15) is 0 Å². The molecule has 0 saturated carbocycles. The lowest BCUT2D eigenvalue weighted by Crippen LogP contribution is -2.18. The second kappa shape index (κ2) is 6.07. The summed E-state index contributed by atoms with van der Waals surface area (Å²) in [7, 11) is 0. The fourth-order valence-electron chi connectivity index (χ4n) is 1.32. The van der Waals surface area contributed by atoms with Crippen LogP contribution < -0.4 is 5.32 Å².